The normalized spacial score (nSPS) is 15.7. The van der Waals surface area contributed by atoms with E-state index in [1.165, 1.54) is 12.8 Å². The Labute approximate surface area is 105 Å². The molecule has 1 saturated carbocycles. The molecular formula is C12H16N4S. The lowest BCUT2D eigenvalue weighted by Crippen LogP contribution is -1.97. The molecule has 4 nitrogen and oxygen atoms in total. The Bertz CT molecular complexity index is 536. The van der Waals surface area contributed by atoms with Crippen LogP contribution < -0.4 is 5.73 Å². The van der Waals surface area contributed by atoms with Gasteiger partial charge in [0, 0.05) is 12.0 Å². The van der Waals surface area contributed by atoms with E-state index in [1.807, 2.05) is 12.5 Å². The Morgan fingerprint density at radius 1 is 1.47 bits per heavy atom. The van der Waals surface area contributed by atoms with E-state index in [2.05, 4.69) is 28.4 Å². The van der Waals surface area contributed by atoms with Crippen molar-refractivity contribution in [2.75, 3.05) is 5.73 Å². The summed E-state index contributed by atoms with van der Waals surface area (Å²) in [6.45, 7) is 4.28. The van der Waals surface area contributed by atoms with Crippen LogP contribution >= 0.6 is 11.3 Å². The molecule has 0 saturated heterocycles. The maximum atomic E-state index is 6.07. The van der Waals surface area contributed by atoms with Crippen LogP contribution in [0.4, 0.5) is 5.00 Å². The number of imidazole rings is 1. The van der Waals surface area contributed by atoms with Gasteiger partial charge in [0.1, 0.15) is 10.7 Å². The topological polar surface area (TPSA) is 56.7 Å². The second kappa shape index (κ2) is 3.84. The molecule has 17 heavy (non-hydrogen) atoms. The summed E-state index contributed by atoms with van der Waals surface area (Å²) in [5, 5.41) is 1.90. The van der Waals surface area contributed by atoms with Crippen molar-refractivity contribution in [3.63, 3.8) is 0 Å². The number of nitrogen functional groups attached to an aromatic ring is 1. The van der Waals surface area contributed by atoms with Crippen LogP contribution in [0, 0.1) is 0 Å². The van der Waals surface area contributed by atoms with Crippen molar-refractivity contribution in [2.24, 2.45) is 0 Å². The Morgan fingerprint density at radius 2 is 2.24 bits per heavy atom. The quantitative estimate of drug-likeness (QED) is 0.908. The highest BCUT2D eigenvalue weighted by atomic mass is 32.1. The first-order valence-corrected chi connectivity index (χ1v) is 6.77. The average molecular weight is 248 g/mol. The number of hydrogen-bond acceptors (Lipinski definition) is 4. The van der Waals surface area contributed by atoms with Crippen LogP contribution in [0.15, 0.2) is 12.5 Å². The molecule has 0 aliphatic heterocycles. The molecule has 2 heterocycles. The van der Waals surface area contributed by atoms with Gasteiger partial charge in [0.05, 0.1) is 23.2 Å². The van der Waals surface area contributed by atoms with Gasteiger partial charge < -0.3 is 10.3 Å². The minimum absolute atomic E-state index is 0.424. The highest BCUT2D eigenvalue weighted by Crippen LogP contribution is 2.40. The van der Waals surface area contributed by atoms with Crippen LogP contribution in [0.3, 0.4) is 0 Å². The van der Waals surface area contributed by atoms with E-state index in [0.29, 0.717) is 12.0 Å². The van der Waals surface area contributed by atoms with Gasteiger partial charge in [0.15, 0.2) is 0 Å². The zero-order valence-corrected chi connectivity index (χ0v) is 10.9. The summed E-state index contributed by atoms with van der Waals surface area (Å²) >= 11 is 1.59. The van der Waals surface area contributed by atoms with Crippen molar-refractivity contribution in [3.8, 4) is 11.4 Å². The molecule has 0 radical (unpaired) electrons. The lowest BCUT2D eigenvalue weighted by Gasteiger charge is -2.04. The lowest BCUT2D eigenvalue weighted by atomic mass is 10.2. The zero-order valence-electron chi connectivity index (χ0n) is 10.1. The number of thiazole rings is 1. The molecule has 1 fully saturated rings. The zero-order chi connectivity index (χ0) is 12.0. The molecule has 1 aliphatic carbocycles. The van der Waals surface area contributed by atoms with Gasteiger partial charge in [0.2, 0.25) is 0 Å². The summed E-state index contributed by atoms with van der Waals surface area (Å²) in [5.41, 5.74) is 8.04. The molecule has 90 valence electrons. The van der Waals surface area contributed by atoms with Crippen molar-refractivity contribution >= 4 is 16.3 Å². The van der Waals surface area contributed by atoms with E-state index in [-0.39, 0.29) is 0 Å². The highest BCUT2D eigenvalue weighted by Gasteiger charge is 2.27. The fourth-order valence-corrected chi connectivity index (χ4v) is 2.76. The molecule has 2 aromatic rings. The van der Waals surface area contributed by atoms with Crippen molar-refractivity contribution in [1.29, 1.82) is 0 Å². The molecule has 0 aromatic carbocycles. The van der Waals surface area contributed by atoms with Crippen molar-refractivity contribution < 1.29 is 0 Å². The number of rotatable bonds is 3. The predicted molar refractivity (Wildman–Crippen MR) is 70.1 cm³/mol. The van der Waals surface area contributed by atoms with E-state index in [1.54, 1.807) is 11.3 Å². The molecule has 3 rings (SSSR count). The molecule has 1 aliphatic rings. The van der Waals surface area contributed by atoms with Crippen LogP contribution in [-0.2, 0) is 0 Å². The van der Waals surface area contributed by atoms with Gasteiger partial charge >= 0.3 is 0 Å². The van der Waals surface area contributed by atoms with Gasteiger partial charge in [-0.05, 0) is 12.8 Å². The first-order chi connectivity index (χ1) is 8.16. The fraction of sp³-hybridized carbons (Fsp3) is 0.500. The number of nitrogens with two attached hydrogens (primary N) is 1. The molecule has 0 bridgehead atoms. The lowest BCUT2D eigenvalue weighted by molar-refractivity contribution is 0.745. The Balaban J connectivity index is 2.05. The van der Waals surface area contributed by atoms with Gasteiger partial charge in [-0.15, -0.1) is 11.3 Å². The van der Waals surface area contributed by atoms with Crippen LogP contribution in [0.25, 0.3) is 11.4 Å². The van der Waals surface area contributed by atoms with E-state index >= 15 is 0 Å². The van der Waals surface area contributed by atoms with E-state index < -0.39 is 0 Å². The molecule has 2 aromatic heterocycles. The summed E-state index contributed by atoms with van der Waals surface area (Å²) in [6, 6.07) is 0.607. The van der Waals surface area contributed by atoms with Gasteiger partial charge in [-0.3, -0.25) is 0 Å². The summed E-state index contributed by atoms with van der Waals surface area (Å²) in [4.78, 5) is 8.88. The van der Waals surface area contributed by atoms with E-state index in [4.69, 9.17) is 5.73 Å². The second-order valence-corrected chi connectivity index (χ2v) is 5.90. The molecule has 0 amide bonds. The third kappa shape index (κ3) is 1.84. The van der Waals surface area contributed by atoms with Crippen molar-refractivity contribution in [3.05, 3.63) is 17.5 Å². The molecular weight excluding hydrogens is 232 g/mol. The molecule has 0 spiro atoms. The summed E-state index contributed by atoms with van der Waals surface area (Å²) in [7, 11) is 0. The molecule has 0 atom stereocenters. The van der Waals surface area contributed by atoms with Crippen LogP contribution in [0.5, 0.6) is 0 Å². The number of hydrogen-bond donors (Lipinski definition) is 1. The first kappa shape index (κ1) is 10.8. The van der Waals surface area contributed by atoms with Crippen molar-refractivity contribution in [1.82, 2.24) is 14.5 Å². The largest absolute Gasteiger partial charge is 0.389 e. The number of aromatic nitrogens is 3. The summed E-state index contributed by atoms with van der Waals surface area (Å²) in [5.74, 6) is 0.424. The summed E-state index contributed by atoms with van der Waals surface area (Å²) in [6.07, 6.45) is 6.24. The van der Waals surface area contributed by atoms with Crippen LogP contribution in [0.2, 0.25) is 0 Å². The third-order valence-corrected chi connectivity index (χ3v) is 4.20. The maximum Gasteiger partial charge on any atom is 0.123 e. The summed E-state index contributed by atoms with van der Waals surface area (Å²) < 4.78 is 2.20. The smallest absolute Gasteiger partial charge is 0.123 e. The van der Waals surface area contributed by atoms with Gasteiger partial charge in [-0.2, -0.15) is 0 Å². The molecule has 0 unspecified atom stereocenters. The van der Waals surface area contributed by atoms with Gasteiger partial charge in [-0.1, -0.05) is 13.8 Å². The Morgan fingerprint density at radius 3 is 2.82 bits per heavy atom. The predicted octanol–water partition coefficient (Wildman–Crippen LogP) is 3.05. The standard InChI is InChI=1S/C12H16N4S/c1-7(2)12-15-10(11(13)17-12)9-5-14-6-16(9)8-3-4-8/h5-8H,3-4,13H2,1-2H3. The SMILES string of the molecule is CC(C)c1nc(-c2cncn2C2CC2)c(N)s1. The Kier molecular flexibility index (Phi) is 2.43. The first-order valence-electron chi connectivity index (χ1n) is 5.95. The van der Waals surface area contributed by atoms with Gasteiger partial charge in [0.25, 0.3) is 0 Å². The van der Waals surface area contributed by atoms with Crippen LogP contribution in [0.1, 0.15) is 43.7 Å². The second-order valence-electron chi connectivity index (χ2n) is 4.84. The van der Waals surface area contributed by atoms with Gasteiger partial charge in [-0.25, -0.2) is 9.97 Å². The maximum absolute atomic E-state index is 6.07. The molecule has 2 N–H and O–H groups in total. The van der Waals surface area contributed by atoms with Crippen LogP contribution in [-0.4, -0.2) is 14.5 Å². The Hall–Kier alpha value is -1.36. The number of anilines is 1. The minimum atomic E-state index is 0.424. The average Bonchev–Trinajstić information content (AvgIpc) is 2.88. The number of nitrogens with zero attached hydrogens (tertiary/aromatic N) is 3. The van der Waals surface area contributed by atoms with E-state index in [9.17, 15) is 0 Å². The van der Waals surface area contributed by atoms with E-state index in [0.717, 1.165) is 21.4 Å². The minimum Gasteiger partial charge on any atom is -0.389 e. The monoisotopic (exact) mass is 248 g/mol. The highest BCUT2D eigenvalue weighted by molar-refractivity contribution is 7.16. The fourth-order valence-electron chi connectivity index (χ4n) is 1.91. The van der Waals surface area contributed by atoms with Crippen molar-refractivity contribution in [2.45, 2.75) is 38.6 Å². The molecule has 5 heteroatoms. The third-order valence-electron chi connectivity index (χ3n) is 3.01.